The van der Waals surface area contributed by atoms with Crippen LogP contribution in [-0.2, 0) is 10.0 Å². The van der Waals surface area contributed by atoms with Gasteiger partial charge in [0, 0.05) is 0 Å². The Kier molecular flexibility index (Phi) is 4.08. The molecule has 0 amide bonds. The molecule has 1 aliphatic heterocycles. The summed E-state index contributed by atoms with van der Waals surface area (Å²) in [7, 11) is -3.84. The van der Waals surface area contributed by atoms with E-state index in [1.165, 1.54) is 23.9 Å². The summed E-state index contributed by atoms with van der Waals surface area (Å²) in [6.07, 6.45) is 1.77. The summed E-state index contributed by atoms with van der Waals surface area (Å²) in [4.78, 5) is 0.0966. The fourth-order valence-corrected chi connectivity index (χ4v) is 2.97. The van der Waals surface area contributed by atoms with Gasteiger partial charge < -0.3 is 0 Å². The van der Waals surface area contributed by atoms with Gasteiger partial charge in [-0.2, -0.15) is 13.5 Å². The zero-order chi connectivity index (χ0) is 14.8. The Labute approximate surface area is 121 Å². The number of thioether (sulfide) groups is 1. The van der Waals surface area contributed by atoms with Crippen molar-refractivity contribution in [2.45, 2.75) is 11.8 Å². The molecule has 2 rings (SSSR count). The number of aryl methyl sites for hydroxylation is 1. The van der Waals surface area contributed by atoms with Gasteiger partial charge in [-0.3, -0.25) is 10.8 Å². The Morgan fingerprint density at radius 2 is 2.00 bits per heavy atom. The first-order valence-electron chi connectivity index (χ1n) is 5.57. The van der Waals surface area contributed by atoms with Crippen molar-refractivity contribution in [3.8, 4) is 0 Å². The van der Waals surface area contributed by atoms with Gasteiger partial charge in [0.25, 0.3) is 10.0 Å². The standard InChI is InChI=1S/C12H12N4O2S2/c1-8-3-5-9(6-4-8)20(17,18)16-11-10(7-13)12(19-2)15-14-11/h3-6,13H,1-2H3,(H,14,16). The summed E-state index contributed by atoms with van der Waals surface area (Å²) in [5.74, 6) is 2.17. The molecule has 0 unspecified atom stereocenters. The summed E-state index contributed by atoms with van der Waals surface area (Å²) in [6, 6.07) is 6.39. The van der Waals surface area contributed by atoms with Crippen molar-refractivity contribution >= 4 is 38.5 Å². The van der Waals surface area contributed by atoms with E-state index in [-0.39, 0.29) is 16.3 Å². The smallest absolute Gasteiger partial charge is 0.258 e. The van der Waals surface area contributed by atoms with Crippen LogP contribution in [0.5, 0.6) is 0 Å². The number of amidine groups is 1. The van der Waals surface area contributed by atoms with E-state index < -0.39 is 10.0 Å². The maximum Gasteiger partial charge on any atom is 0.284 e. The lowest BCUT2D eigenvalue weighted by molar-refractivity contribution is 0.598. The average Bonchev–Trinajstić information content (AvgIpc) is 2.80. The van der Waals surface area contributed by atoms with Crippen LogP contribution >= 0.6 is 11.8 Å². The highest BCUT2D eigenvalue weighted by Gasteiger charge is 2.24. The number of hydrazone groups is 1. The minimum absolute atomic E-state index is 0.0184. The quantitative estimate of drug-likeness (QED) is 0.810. The molecule has 0 saturated heterocycles. The van der Waals surface area contributed by atoms with E-state index in [0.717, 1.165) is 5.56 Å². The van der Waals surface area contributed by atoms with Gasteiger partial charge in [0.05, 0.1) is 4.90 Å². The largest absolute Gasteiger partial charge is 0.284 e. The molecule has 0 fully saturated rings. The highest BCUT2D eigenvalue weighted by molar-refractivity contribution is 8.14. The average molecular weight is 308 g/mol. The molecule has 0 saturated carbocycles. The molecular formula is C12H12N4O2S2. The van der Waals surface area contributed by atoms with Crippen molar-refractivity contribution in [1.82, 2.24) is 5.43 Å². The number of benzene rings is 1. The topological polar surface area (TPSA) is 94.7 Å². The number of hydrogen-bond acceptors (Lipinski definition) is 5. The zero-order valence-electron chi connectivity index (χ0n) is 10.8. The molecule has 0 atom stereocenters. The normalized spacial score (nSPS) is 16.8. The third-order valence-electron chi connectivity index (χ3n) is 2.56. The summed E-state index contributed by atoms with van der Waals surface area (Å²) in [5, 5.41) is 11.6. The van der Waals surface area contributed by atoms with Crippen LogP contribution < -0.4 is 5.43 Å². The predicted octanol–water partition coefficient (Wildman–Crippen LogP) is 1.54. The molecule has 1 heterocycles. The first kappa shape index (κ1) is 14.5. The highest BCUT2D eigenvalue weighted by Crippen LogP contribution is 2.18. The number of nitrogens with zero attached hydrogens (tertiary/aromatic N) is 2. The molecule has 104 valence electrons. The second-order valence-corrected chi connectivity index (χ2v) is 6.36. The van der Waals surface area contributed by atoms with Crippen molar-refractivity contribution in [1.29, 1.82) is 5.41 Å². The molecular weight excluding hydrogens is 296 g/mol. The zero-order valence-corrected chi connectivity index (χ0v) is 12.5. The first-order chi connectivity index (χ1) is 9.47. The number of hydrogen-bond donors (Lipinski definition) is 2. The predicted molar refractivity (Wildman–Crippen MR) is 81.1 cm³/mol. The molecule has 6 nitrogen and oxygen atoms in total. The summed E-state index contributed by atoms with van der Waals surface area (Å²) in [6.45, 7) is 1.87. The lowest BCUT2D eigenvalue weighted by Gasteiger charge is -2.01. The monoisotopic (exact) mass is 308 g/mol. The first-order valence-corrected chi connectivity index (χ1v) is 8.24. The molecule has 0 radical (unpaired) electrons. The molecule has 0 aliphatic carbocycles. The third kappa shape index (κ3) is 2.82. The van der Waals surface area contributed by atoms with E-state index >= 15 is 0 Å². The van der Waals surface area contributed by atoms with Gasteiger partial charge in [0.1, 0.15) is 10.6 Å². The van der Waals surface area contributed by atoms with Crippen LogP contribution in [0.15, 0.2) is 44.2 Å². The molecule has 8 heteroatoms. The number of sulfonamides is 1. The molecule has 2 N–H and O–H groups in total. The Morgan fingerprint density at radius 1 is 1.35 bits per heavy atom. The maximum atomic E-state index is 12.2. The van der Waals surface area contributed by atoms with Gasteiger partial charge >= 0.3 is 0 Å². The fourth-order valence-electron chi connectivity index (χ4n) is 1.53. The molecule has 1 aromatic rings. The fraction of sp³-hybridized carbons (Fsp3) is 0.167. The minimum Gasteiger partial charge on any atom is -0.258 e. The van der Waals surface area contributed by atoms with Crippen molar-refractivity contribution in [2.75, 3.05) is 6.26 Å². The summed E-state index contributed by atoms with van der Waals surface area (Å²) < 4.78 is 28.0. The van der Waals surface area contributed by atoms with E-state index in [0.29, 0.717) is 5.04 Å². The van der Waals surface area contributed by atoms with Crippen molar-refractivity contribution in [3.63, 3.8) is 0 Å². The maximum absolute atomic E-state index is 12.2. The number of rotatable bonds is 2. The van der Waals surface area contributed by atoms with Crippen molar-refractivity contribution in [3.05, 3.63) is 35.4 Å². The van der Waals surface area contributed by atoms with E-state index in [2.05, 4.69) is 20.8 Å². The SMILES string of the molecule is CSC1=NN/C(=N\S(=O)(=O)c2ccc(C)cc2)C1=C=N. The van der Waals surface area contributed by atoms with Gasteiger partial charge in [-0.15, -0.1) is 16.2 Å². The van der Waals surface area contributed by atoms with E-state index in [1.54, 1.807) is 18.4 Å². The van der Waals surface area contributed by atoms with E-state index in [1.807, 2.05) is 6.92 Å². The Hall–Kier alpha value is -1.89. The van der Waals surface area contributed by atoms with Crippen LogP contribution in [0.25, 0.3) is 0 Å². The van der Waals surface area contributed by atoms with Gasteiger partial charge in [0.15, 0.2) is 5.84 Å². The summed E-state index contributed by atoms with van der Waals surface area (Å²) in [5.41, 5.74) is 3.72. The van der Waals surface area contributed by atoms with Crippen LogP contribution in [0.1, 0.15) is 5.56 Å². The van der Waals surface area contributed by atoms with Crippen LogP contribution in [0.4, 0.5) is 0 Å². The Balaban J connectivity index is 2.41. The second-order valence-electron chi connectivity index (χ2n) is 3.96. The molecule has 0 aromatic heterocycles. The molecule has 20 heavy (non-hydrogen) atoms. The van der Waals surface area contributed by atoms with Crippen LogP contribution in [-0.4, -0.2) is 31.4 Å². The molecule has 0 spiro atoms. The molecule has 1 aliphatic rings. The second kappa shape index (κ2) is 5.62. The van der Waals surface area contributed by atoms with Gasteiger partial charge in [-0.25, -0.2) is 0 Å². The van der Waals surface area contributed by atoms with Crippen molar-refractivity contribution < 1.29 is 8.42 Å². The Morgan fingerprint density at radius 3 is 2.55 bits per heavy atom. The Bertz CT molecular complexity index is 742. The van der Waals surface area contributed by atoms with Gasteiger partial charge in [-0.1, -0.05) is 17.7 Å². The lowest BCUT2D eigenvalue weighted by atomic mass is 10.2. The van der Waals surface area contributed by atoms with Gasteiger partial charge in [0.2, 0.25) is 0 Å². The highest BCUT2D eigenvalue weighted by atomic mass is 32.2. The minimum atomic E-state index is -3.84. The molecule has 1 aromatic carbocycles. The van der Waals surface area contributed by atoms with Crippen LogP contribution in [0.3, 0.4) is 0 Å². The summed E-state index contributed by atoms with van der Waals surface area (Å²) >= 11 is 1.28. The third-order valence-corrected chi connectivity index (χ3v) is 4.54. The van der Waals surface area contributed by atoms with E-state index in [4.69, 9.17) is 5.41 Å². The van der Waals surface area contributed by atoms with Gasteiger partial charge in [-0.05, 0) is 31.2 Å². The number of nitrogens with one attached hydrogen (secondary N) is 2. The van der Waals surface area contributed by atoms with E-state index in [9.17, 15) is 8.42 Å². The van der Waals surface area contributed by atoms with Crippen molar-refractivity contribution in [2.24, 2.45) is 9.50 Å². The lowest BCUT2D eigenvalue weighted by Crippen LogP contribution is -2.17. The molecule has 0 bridgehead atoms. The van der Waals surface area contributed by atoms with Crippen LogP contribution in [0.2, 0.25) is 0 Å². The van der Waals surface area contributed by atoms with Crippen LogP contribution in [0, 0.1) is 12.3 Å².